The van der Waals surface area contributed by atoms with E-state index in [1.165, 1.54) is 17.7 Å². The molecular weight excluding hydrogens is 251 g/mol. The summed E-state index contributed by atoms with van der Waals surface area (Å²) < 4.78 is 13.2. The Bertz CT molecular complexity index is 711. The zero-order valence-electron chi connectivity index (χ0n) is 11.0. The predicted molar refractivity (Wildman–Crippen MR) is 80.3 cm³/mol. The van der Waals surface area contributed by atoms with Crippen LogP contribution in [-0.4, -0.2) is 11.5 Å². The molecule has 0 aliphatic rings. The lowest BCUT2D eigenvalue weighted by atomic mass is 10.1. The van der Waals surface area contributed by atoms with E-state index in [1.54, 1.807) is 12.3 Å². The van der Waals surface area contributed by atoms with E-state index in [-0.39, 0.29) is 5.82 Å². The van der Waals surface area contributed by atoms with E-state index in [9.17, 15) is 4.39 Å². The summed E-state index contributed by atoms with van der Waals surface area (Å²) in [6.45, 7) is 0.834. The van der Waals surface area contributed by atoms with Crippen molar-refractivity contribution < 1.29 is 4.39 Å². The second kappa shape index (κ2) is 5.70. The molecule has 0 aliphatic heterocycles. The molecule has 1 N–H and O–H groups in total. The summed E-state index contributed by atoms with van der Waals surface area (Å²) in [5.41, 5.74) is 2.96. The molecule has 0 fully saturated rings. The highest BCUT2D eigenvalue weighted by molar-refractivity contribution is 5.90. The summed E-state index contributed by atoms with van der Waals surface area (Å²) in [6.07, 6.45) is 2.65. The second-order valence-corrected chi connectivity index (χ2v) is 4.68. The van der Waals surface area contributed by atoms with Crippen molar-refractivity contribution in [2.45, 2.75) is 6.42 Å². The van der Waals surface area contributed by atoms with Crippen LogP contribution in [0.2, 0.25) is 0 Å². The molecule has 0 unspecified atom stereocenters. The predicted octanol–water partition coefficient (Wildman–Crippen LogP) is 4.03. The Morgan fingerprint density at radius 2 is 1.85 bits per heavy atom. The minimum atomic E-state index is -0.258. The van der Waals surface area contributed by atoms with Crippen LogP contribution >= 0.6 is 0 Å². The number of anilines is 1. The quantitative estimate of drug-likeness (QED) is 0.771. The van der Waals surface area contributed by atoms with Gasteiger partial charge in [0.1, 0.15) is 5.82 Å². The normalized spacial score (nSPS) is 10.7. The maximum atomic E-state index is 13.2. The average molecular weight is 266 g/mol. The Morgan fingerprint density at radius 1 is 1.00 bits per heavy atom. The van der Waals surface area contributed by atoms with E-state index in [1.807, 2.05) is 24.3 Å². The Morgan fingerprint density at radius 3 is 2.70 bits per heavy atom. The Balaban J connectivity index is 1.74. The van der Waals surface area contributed by atoms with E-state index in [4.69, 9.17) is 0 Å². The van der Waals surface area contributed by atoms with Gasteiger partial charge in [-0.25, -0.2) is 4.39 Å². The molecule has 20 heavy (non-hydrogen) atoms. The van der Waals surface area contributed by atoms with Gasteiger partial charge in [0, 0.05) is 29.9 Å². The van der Waals surface area contributed by atoms with Crippen LogP contribution in [0.3, 0.4) is 0 Å². The summed E-state index contributed by atoms with van der Waals surface area (Å²) in [5, 5.41) is 4.34. The minimum absolute atomic E-state index is 0.258. The molecule has 0 radical (unpaired) electrons. The molecule has 0 atom stereocenters. The standard InChI is InChI=1S/C17H15FN2/c18-14-6-7-15-16(9-11-20-17(15)12-14)19-10-8-13-4-2-1-3-5-13/h1-7,9,11-12H,8,10H2,(H,19,20). The van der Waals surface area contributed by atoms with Gasteiger partial charge in [-0.1, -0.05) is 30.3 Å². The summed E-state index contributed by atoms with van der Waals surface area (Å²) in [7, 11) is 0. The van der Waals surface area contributed by atoms with Crippen molar-refractivity contribution in [3.05, 3.63) is 72.2 Å². The number of nitrogens with zero attached hydrogens (tertiary/aromatic N) is 1. The van der Waals surface area contributed by atoms with Gasteiger partial charge in [0.15, 0.2) is 0 Å². The van der Waals surface area contributed by atoms with Gasteiger partial charge in [-0.05, 0) is 30.2 Å². The molecule has 3 rings (SSSR count). The molecule has 0 bridgehead atoms. The lowest BCUT2D eigenvalue weighted by molar-refractivity contribution is 0.629. The van der Waals surface area contributed by atoms with Gasteiger partial charge in [-0.2, -0.15) is 0 Å². The first-order chi connectivity index (χ1) is 9.83. The minimum Gasteiger partial charge on any atom is -0.384 e. The third-order valence-corrected chi connectivity index (χ3v) is 3.28. The molecular formula is C17H15FN2. The maximum Gasteiger partial charge on any atom is 0.125 e. The average Bonchev–Trinajstić information content (AvgIpc) is 2.48. The van der Waals surface area contributed by atoms with Crippen molar-refractivity contribution in [3.8, 4) is 0 Å². The molecule has 100 valence electrons. The topological polar surface area (TPSA) is 24.9 Å². The number of halogens is 1. The molecule has 3 aromatic rings. The maximum absolute atomic E-state index is 13.2. The SMILES string of the molecule is Fc1ccc2c(NCCc3ccccc3)ccnc2c1. The van der Waals surface area contributed by atoms with Crippen molar-refractivity contribution in [1.29, 1.82) is 0 Å². The highest BCUT2D eigenvalue weighted by Gasteiger charge is 2.02. The first kappa shape index (κ1) is 12.6. The van der Waals surface area contributed by atoms with E-state index in [0.29, 0.717) is 5.52 Å². The van der Waals surface area contributed by atoms with Gasteiger partial charge < -0.3 is 5.32 Å². The van der Waals surface area contributed by atoms with E-state index in [2.05, 4.69) is 22.4 Å². The van der Waals surface area contributed by atoms with Crippen molar-refractivity contribution in [2.24, 2.45) is 0 Å². The van der Waals surface area contributed by atoms with Crippen molar-refractivity contribution in [2.75, 3.05) is 11.9 Å². The van der Waals surface area contributed by atoms with Crippen LogP contribution in [0.4, 0.5) is 10.1 Å². The van der Waals surface area contributed by atoms with E-state index >= 15 is 0 Å². The van der Waals surface area contributed by atoms with Gasteiger partial charge in [0.25, 0.3) is 0 Å². The van der Waals surface area contributed by atoms with Crippen molar-refractivity contribution in [1.82, 2.24) is 4.98 Å². The molecule has 0 spiro atoms. The number of nitrogens with one attached hydrogen (secondary N) is 1. The van der Waals surface area contributed by atoms with Crippen LogP contribution in [0.5, 0.6) is 0 Å². The number of benzene rings is 2. The fourth-order valence-electron chi connectivity index (χ4n) is 2.26. The fraction of sp³-hybridized carbons (Fsp3) is 0.118. The van der Waals surface area contributed by atoms with Crippen LogP contribution in [0.25, 0.3) is 10.9 Å². The van der Waals surface area contributed by atoms with Gasteiger partial charge in [-0.3, -0.25) is 4.98 Å². The van der Waals surface area contributed by atoms with Crippen LogP contribution < -0.4 is 5.32 Å². The molecule has 1 heterocycles. The molecule has 1 aromatic heterocycles. The molecule has 3 heteroatoms. The van der Waals surface area contributed by atoms with Crippen molar-refractivity contribution in [3.63, 3.8) is 0 Å². The first-order valence-electron chi connectivity index (χ1n) is 6.65. The molecule has 0 saturated heterocycles. The Kier molecular flexibility index (Phi) is 3.59. The number of hydrogen-bond acceptors (Lipinski definition) is 2. The lowest BCUT2D eigenvalue weighted by Gasteiger charge is -2.09. The van der Waals surface area contributed by atoms with Crippen molar-refractivity contribution >= 4 is 16.6 Å². The third-order valence-electron chi connectivity index (χ3n) is 3.28. The fourth-order valence-corrected chi connectivity index (χ4v) is 2.26. The number of aromatic nitrogens is 1. The highest BCUT2D eigenvalue weighted by Crippen LogP contribution is 2.22. The molecule has 0 saturated carbocycles. The summed E-state index contributed by atoms with van der Waals surface area (Å²) in [4.78, 5) is 4.19. The van der Waals surface area contributed by atoms with Gasteiger partial charge in [-0.15, -0.1) is 0 Å². The van der Waals surface area contributed by atoms with E-state index in [0.717, 1.165) is 24.0 Å². The molecule has 2 aromatic carbocycles. The first-order valence-corrected chi connectivity index (χ1v) is 6.65. The molecule has 2 nitrogen and oxygen atoms in total. The number of rotatable bonds is 4. The van der Waals surface area contributed by atoms with Gasteiger partial charge in [0.05, 0.1) is 5.52 Å². The third kappa shape index (κ3) is 2.77. The number of pyridine rings is 1. The monoisotopic (exact) mass is 266 g/mol. The zero-order chi connectivity index (χ0) is 13.8. The highest BCUT2D eigenvalue weighted by atomic mass is 19.1. The lowest BCUT2D eigenvalue weighted by Crippen LogP contribution is -2.05. The smallest absolute Gasteiger partial charge is 0.125 e. The second-order valence-electron chi connectivity index (χ2n) is 4.68. The van der Waals surface area contributed by atoms with Crippen LogP contribution in [0.15, 0.2) is 60.8 Å². The molecule has 0 aliphatic carbocycles. The molecule has 0 amide bonds. The van der Waals surface area contributed by atoms with Crippen LogP contribution in [0.1, 0.15) is 5.56 Å². The summed E-state index contributed by atoms with van der Waals surface area (Å²) in [6, 6.07) is 16.9. The van der Waals surface area contributed by atoms with Crippen LogP contribution in [-0.2, 0) is 6.42 Å². The summed E-state index contributed by atoms with van der Waals surface area (Å²) >= 11 is 0. The van der Waals surface area contributed by atoms with Gasteiger partial charge in [0.2, 0.25) is 0 Å². The van der Waals surface area contributed by atoms with E-state index < -0.39 is 0 Å². The zero-order valence-corrected chi connectivity index (χ0v) is 11.0. The Hall–Kier alpha value is -2.42. The summed E-state index contributed by atoms with van der Waals surface area (Å²) in [5.74, 6) is -0.258. The largest absolute Gasteiger partial charge is 0.384 e. The number of hydrogen-bond donors (Lipinski definition) is 1. The number of fused-ring (bicyclic) bond motifs is 1. The van der Waals surface area contributed by atoms with Gasteiger partial charge >= 0.3 is 0 Å². The van der Waals surface area contributed by atoms with Crippen LogP contribution in [0, 0.1) is 5.82 Å². The Labute approximate surface area is 117 Å².